The molecular formula is C18H20O. The van der Waals surface area contributed by atoms with E-state index in [9.17, 15) is 4.79 Å². The molecule has 0 aromatic heterocycles. The van der Waals surface area contributed by atoms with Crippen LogP contribution in [0.5, 0.6) is 0 Å². The first kappa shape index (κ1) is 12.4. The largest absolute Gasteiger partial charge is 0.289 e. The number of carbonyl (C=O) groups is 1. The summed E-state index contributed by atoms with van der Waals surface area (Å²) in [7, 11) is 0. The molecule has 0 bridgehead atoms. The first-order valence-electron chi connectivity index (χ1n) is 7.25. The number of benzene rings is 1. The van der Waals surface area contributed by atoms with Gasteiger partial charge in [0.1, 0.15) is 0 Å². The maximum absolute atomic E-state index is 12.7. The van der Waals surface area contributed by atoms with E-state index in [0.29, 0.717) is 5.92 Å². The van der Waals surface area contributed by atoms with Gasteiger partial charge in [0.2, 0.25) is 0 Å². The molecule has 0 spiro atoms. The standard InChI is InChI=1S/C18H20O/c1-13-11-12-17(16-10-6-5-9-15(13)16)18(19)14-7-3-2-4-8-14/h2-4,7-8,12,16H,5-6,9-11H2,1H3/t16-/m0/s1. The Balaban J connectivity index is 1.91. The quantitative estimate of drug-likeness (QED) is 0.550. The molecule has 0 amide bonds. The fourth-order valence-electron chi connectivity index (χ4n) is 3.41. The first-order chi connectivity index (χ1) is 9.27. The third-order valence-corrected chi connectivity index (χ3v) is 4.46. The second-order valence-corrected chi connectivity index (χ2v) is 5.66. The van der Waals surface area contributed by atoms with Crippen LogP contribution < -0.4 is 0 Å². The van der Waals surface area contributed by atoms with E-state index in [1.54, 1.807) is 5.57 Å². The number of carbonyl (C=O) groups excluding carboxylic acids is 1. The number of allylic oxidation sites excluding steroid dienone is 4. The van der Waals surface area contributed by atoms with Crippen LogP contribution in [-0.2, 0) is 0 Å². The van der Waals surface area contributed by atoms with Crippen LogP contribution in [0.15, 0.2) is 53.1 Å². The van der Waals surface area contributed by atoms with Crippen molar-refractivity contribution in [1.29, 1.82) is 0 Å². The molecule has 0 unspecified atom stereocenters. The molecule has 1 aromatic rings. The normalized spacial score (nSPS) is 22.8. The topological polar surface area (TPSA) is 17.1 Å². The highest BCUT2D eigenvalue weighted by atomic mass is 16.1. The molecule has 0 N–H and O–H groups in total. The molecule has 1 fully saturated rings. The van der Waals surface area contributed by atoms with Gasteiger partial charge in [-0.15, -0.1) is 0 Å². The molecule has 1 aromatic carbocycles. The van der Waals surface area contributed by atoms with Gasteiger partial charge < -0.3 is 0 Å². The van der Waals surface area contributed by atoms with Crippen LogP contribution in [-0.4, -0.2) is 5.78 Å². The summed E-state index contributed by atoms with van der Waals surface area (Å²) in [6.45, 7) is 2.23. The van der Waals surface area contributed by atoms with E-state index in [-0.39, 0.29) is 5.78 Å². The third kappa shape index (κ3) is 2.30. The predicted octanol–water partition coefficient (Wildman–Crippen LogP) is 4.71. The van der Waals surface area contributed by atoms with Crippen molar-refractivity contribution in [1.82, 2.24) is 0 Å². The lowest BCUT2D eigenvalue weighted by molar-refractivity contribution is 0.102. The smallest absolute Gasteiger partial charge is 0.189 e. The molecule has 0 radical (unpaired) electrons. The van der Waals surface area contributed by atoms with Crippen molar-refractivity contribution < 1.29 is 4.79 Å². The molecule has 3 rings (SSSR count). The molecule has 98 valence electrons. The Hall–Kier alpha value is -1.63. The Labute approximate surface area is 115 Å². The fraction of sp³-hybridized carbons (Fsp3) is 0.389. The average Bonchev–Trinajstić information content (AvgIpc) is 2.48. The van der Waals surface area contributed by atoms with Gasteiger partial charge in [-0.05, 0) is 32.6 Å². The van der Waals surface area contributed by atoms with Gasteiger partial charge >= 0.3 is 0 Å². The Morgan fingerprint density at radius 1 is 1.16 bits per heavy atom. The fourth-order valence-corrected chi connectivity index (χ4v) is 3.41. The van der Waals surface area contributed by atoms with Gasteiger partial charge in [0.05, 0.1) is 0 Å². The van der Waals surface area contributed by atoms with E-state index in [1.165, 1.54) is 24.8 Å². The van der Waals surface area contributed by atoms with Crippen LogP contribution in [0.4, 0.5) is 0 Å². The number of hydrogen-bond donors (Lipinski definition) is 0. The molecule has 0 saturated heterocycles. The molecule has 19 heavy (non-hydrogen) atoms. The molecule has 1 heteroatoms. The lowest BCUT2D eigenvalue weighted by atomic mass is 9.72. The van der Waals surface area contributed by atoms with E-state index in [0.717, 1.165) is 24.0 Å². The summed E-state index contributed by atoms with van der Waals surface area (Å²) in [6.07, 6.45) is 8.01. The van der Waals surface area contributed by atoms with E-state index >= 15 is 0 Å². The third-order valence-electron chi connectivity index (χ3n) is 4.46. The maximum atomic E-state index is 12.7. The zero-order chi connectivity index (χ0) is 13.2. The van der Waals surface area contributed by atoms with Gasteiger partial charge in [-0.3, -0.25) is 4.79 Å². The zero-order valence-corrected chi connectivity index (χ0v) is 11.5. The minimum atomic E-state index is 0.234. The molecule has 2 aliphatic carbocycles. The summed E-state index contributed by atoms with van der Waals surface area (Å²) in [5.74, 6) is 0.632. The Bertz CT molecular complexity index is 548. The lowest BCUT2D eigenvalue weighted by Gasteiger charge is -2.32. The summed E-state index contributed by atoms with van der Waals surface area (Å²) in [4.78, 5) is 12.7. The number of fused-ring (bicyclic) bond motifs is 1. The summed E-state index contributed by atoms with van der Waals surface area (Å²) in [6, 6.07) is 9.70. The minimum absolute atomic E-state index is 0.234. The Morgan fingerprint density at radius 3 is 2.74 bits per heavy atom. The van der Waals surface area contributed by atoms with Gasteiger partial charge in [0.25, 0.3) is 0 Å². The van der Waals surface area contributed by atoms with Crippen molar-refractivity contribution in [2.24, 2.45) is 5.92 Å². The summed E-state index contributed by atoms with van der Waals surface area (Å²) in [5, 5.41) is 0. The van der Waals surface area contributed by atoms with Crippen molar-refractivity contribution in [2.45, 2.75) is 39.0 Å². The number of ketones is 1. The molecule has 0 aliphatic heterocycles. The van der Waals surface area contributed by atoms with Crippen molar-refractivity contribution >= 4 is 5.78 Å². The molecule has 1 saturated carbocycles. The first-order valence-corrected chi connectivity index (χ1v) is 7.25. The van der Waals surface area contributed by atoms with Crippen LogP contribution in [0.3, 0.4) is 0 Å². The minimum Gasteiger partial charge on any atom is -0.289 e. The highest BCUT2D eigenvalue weighted by molar-refractivity contribution is 6.09. The van der Waals surface area contributed by atoms with Gasteiger partial charge in [0.15, 0.2) is 5.78 Å². The Morgan fingerprint density at radius 2 is 1.95 bits per heavy atom. The number of rotatable bonds is 2. The predicted molar refractivity (Wildman–Crippen MR) is 78.1 cm³/mol. The van der Waals surface area contributed by atoms with Crippen LogP contribution in [0.1, 0.15) is 49.4 Å². The van der Waals surface area contributed by atoms with Crippen LogP contribution in [0.2, 0.25) is 0 Å². The summed E-state index contributed by atoms with van der Waals surface area (Å²) in [5.41, 5.74) is 4.92. The molecule has 2 aliphatic rings. The average molecular weight is 252 g/mol. The van der Waals surface area contributed by atoms with Gasteiger partial charge in [-0.2, -0.15) is 0 Å². The van der Waals surface area contributed by atoms with E-state index in [2.05, 4.69) is 13.0 Å². The van der Waals surface area contributed by atoms with Crippen molar-refractivity contribution in [3.05, 3.63) is 58.7 Å². The lowest BCUT2D eigenvalue weighted by Crippen LogP contribution is -2.22. The zero-order valence-electron chi connectivity index (χ0n) is 11.5. The highest BCUT2D eigenvalue weighted by Gasteiger charge is 2.30. The van der Waals surface area contributed by atoms with Gasteiger partial charge in [-0.1, -0.05) is 54.0 Å². The van der Waals surface area contributed by atoms with Crippen LogP contribution >= 0.6 is 0 Å². The van der Waals surface area contributed by atoms with Crippen LogP contribution in [0, 0.1) is 5.92 Å². The summed E-state index contributed by atoms with van der Waals surface area (Å²) >= 11 is 0. The Kier molecular flexibility index (Phi) is 3.37. The van der Waals surface area contributed by atoms with E-state index < -0.39 is 0 Å². The van der Waals surface area contributed by atoms with E-state index in [4.69, 9.17) is 0 Å². The maximum Gasteiger partial charge on any atom is 0.189 e. The van der Waals surface area contributed by atoms with Crippen molar-refractivity contribution in [3.63, 3.8) is 0 Å². The number of hydrogen-bond acceptors (Lipinski definition) is 1. The van der Waals surface area contributed by atoms with Gasteiger partial charge in [0, 0.05) is 17.1 Å². The number of Topliss-reactive ketones (excluding diaryl/α,β-unsaturated/α-hetero) is 1. The molecule has 1 nitrogen and oxygen atoms in total. The summed E-state index contributed by atoms with van der Waals surface area (Å²) < 4.78 is 0. The molecular weight excluding hydrogens is 232 g/mol. The van der Waals surface area contributed by atoms with E-state index in [1.807, 2.05) is 30.3 Å². The second-order valence-electron chi connectivity index (χ2n) is 5.66. The molecule has 0 heterocycles. The van der Waals surface area contributed by atoms with Crippen molar-refractivity contribution in [2.75, 3.05) is 0 Å². The highest BCUT2D eigenvalue weighted by Crippen LogP contribution is 2.41. The van der Waals surface area contributed by atoms with Crippen molar-refractivity contribution in [3.8, 4) is 0 Å². The van der Waals surface area contributed by atoms with Gasteiger partial charge in [-0.25, -0.2) is 0 Å². The molecule has 1 atom stereocenters. The van der Waals surface area contributed by atoms with Crippen LogP contribution in [0.25, 0.3) is 0 Å². The SMILES string of the molecule is CC1=C2CCCC[C@@H]2C(C(=O)c2ccccc2)=CC1. The monoisotopic (exact) mass is 252 g/mol. The second kappa shape index (κ2) is 5.16.